The molecule has 1 N–H and O–H groups in total. The summed E-state index contributed by atoms with van der Waals surface area (Å²) in [4.78, 5) is 18.9. The number of benzene rings is 1. The van der Waals surface area contributed by atoms with Crippen molar-refractivity contribution in [3.63, 3.8) is 0 Å². The van der Waals surface area contributed by atoms with Gasteiger partial charge in [-0.1, -0.05) is 6.07 Å². The second-order valence-corrected chi connectivity index (χ2v) is 6.19. The summed E-state index contributed by atoms with van der Waals surface area (Å²) in [5.41, 5.74) is 2.58. The van der Waals surface area contributed by atoms with Gasteiger partial charge in [0.15, 0.2) is 0 Å². The van der Waals surface area contributed by atoms with Gasteiger partial charge in [0.2, 0.25) is 5.91 Å². The highest BCUT2D eigenvalue weighted by Crippen LogP contribution is 2.21. The quantitative estimate of drug-likeness (QED) is 0.833. The molecule has 0 aliphatic carbocycles. The van der Waals surface area contributed by atoms with Crippen LogP contribution in [-0.4, -0.2) is 38.8 Å². The van der Waals surface area contributed by atoms with Crippen LogP contribution in [0.1, 0.15) is 23.4 Å². The van der Waals surface area contributed by atoms with E-state index in [1.54, 1.807) is 23.7 Å². The third-order valence-corrected chi connectivity index (χ3v) is 4.34. The van der Waals surface area contributed by atoms with Gasteiger partial charge in [-0.15, -0.1) is 11.8 Å². The molecule has 0 spiro atoms. The maximum atomic E-state index is 12.0. The predicted molar refractivity (Wildman–Crippen MR) is 84.1 cm³/mol. The highest BCUT2D eigenvalue weighted by atomic mass is 32.2. The van der Waals surface area contributed by atoms with Gasteiger partial charge in [0.25, 0.3) is 0 Å². The van der Waals surface area contributed by atoms with E-state index in [0.29, 0.717) is 18.8 Å². The Morgan fingerprint density at radius 3 is 2.81 bits per heavy atom. The molecular weight excluding hydrogens is 284 g/mol. The molecule has 0 saturated heterocycles. The van der Waals surface area contributed by atoms with Crippen LogP contribution in [0.2, 0.25) is 0 Å². The summed E-state index contributed by atoms with van der Waals surface area (Å²) >= 11 is 1.71. The third kappa shape index (κ3) is 4.60. The number of hydrogen-bond donors (Lipinski definition) is 1. The maximum Gasteiger partial charge on any atom is 0.223 e. The molecule has 0 fully saturated rings. The van der Waals surface area contributed by atoms with Crippen LogP contribution in [0.4, 0.5) is 0 Å². The monoisotopic (exact) mass is 304 g/mol. The average molecular weight is 304 g/mol. The zero-order valence-electron chi connectivity index (χ0n) is 12.6. The van der Waals surface area contributed by atoms with Crippen LogP contribution >= 0.6 is 11.8 Å². The molecule has 21 heavy (non-hydrogen) atoms. The lowest BCUT2D eigenvalue weighted by molar-refractivity contribution is -0.130. The number of H-pyrrole nitrogens is 1. The molecule has 1 heterocycles. The highest BCUT2D eigenvalue weighted by molar-refractivity contribution is 7.99. The summed E-state index contributed by atoms with van der Waals surface area (Å²) in [7, 11) is 1.78. The van der Waals surface area contributed by atoms with Crippen LogP contribution in [0.3, 0.4) is 0 Å². The number of hydrogen-bond acceptors (Lipinski definition) is 4. The van der Waals surface area contributed by atoms with Crippen molar-refractivity contribution in [3.8, 4) is 0 Å². The van der Waals surface area contributed by atoms with E-state index in [0.717, 1.165) is 5.75 Å². The summed E-state index contributed by atoms with van der Waals surface area (Å²) in [6, 6.07) is 6.40. The fraction of sp³-hybridized carbons (Fsp3) is 0.400. The second-order valence-electron chi connectivity index (χ2n) is 5.03. The largest absolute Gasteiger partial charge is 0.338 e. The molecule has 0 bridgehead atoms. The number of amides is 1. The van der Waals surface area contributed by atoms with E-state index in [4.69, 9.17) is 0 Å². The molecule has 0 radical (unpaired) electrons. The number of carbonyl (C=O) groups excluding carboxylic acids is 1. The Bertz CT molecular complexity index is 598. The lowest BCUT2D eigenvalue weighted by Gasteiger charge is -2.15. The van der Waals surface area contributed by atoms with Gasteiger partial charge in [-0.3, -0.25) is 9.89 Å². The predicted octanol–water partition coefficient (Wildman–Crippen LogP) is 2.56. The van der Waals surface area contributed by atoms with Crippen molar-refractivity contribution in [2.24, 2.45) is 0 Å². The number of thioether (sulfide) groups is 1. The molecule has 0 saturated carbocycles. The molecule has 2 aromatic rings. The van der Waals surface area contributed by atoms with Gasteiger partial charge in [0.05, 0.1) is 6.54 Å². The van der Waals surface area contributed by atoms with Crippen LogP contribution in [0.25, 0.3) is 0 Å². The first-order valence-corrected chi connectivity index (χ1v) is 7.83. The molecule has 1 aromatic carbocycles. The molecule has 0 atom stereocenters. The number of aromatic amines is 1. The van der Waals surface area contributed by atoms with Crippen molar-refractivity contribution in [1.82, 2.24) is 20.1 Å². The van der Waals surface area contributed by atoms with Gasteiger partial charge in [-0.2, -0.15) is 5.10 Å². The molecule has 0 aliphatic rings. The maximum absolute atomic E-state index is 12.0. The summed E-state index contributed by atoms with van der Waals surface area (Å²) < 4.78 is 0. The molecule has 1 amide bonds. The van der Waals surface area contributed by atoms with Crippen molar-refractivity contribution < 1.29 is 4.79 Å². The van der Waals surface area contributed by atoms with Crippen LogP contribution < -0.4 is 0 Å². The molecule has 6 heteroatoms. The number of nitrogens with one attached hydrogen (secondary N) is 1. The molecular formula is C15H20N4OS. The van der Waals surface area contributed by atoms with Gasteiger partial charge in [-0.05, 0) is 37.1 Å². The van der Waals surface area contributed by atoms with Crippen LogP contribution in [-0.2, 0) is 11.3 Å². The van der Waals surface area contributed by atoms with Crippen molar-refractivity contribution in [2.75, 3.05) is 12.8 Å². The molecule has 2 rings (SSSR count). The Labute approximate surface area is 129 Å². The first-order valence-electron chi connectivity index (χ1n) is 6.84. The summed E-state index contributed by atoms with van der Waals surface area (Å²) in [6.07, 6.45) is 1.96. The Balaban J connectivity index is 1.77. The van der Waals surface area contributed by atoms with Crippen LogP contribution in [0.5, 0.6) is 0 Å². The molecule has 0 aliphatic heterocycles. The minimum Gasteiger partial charge on any atom is -0.338 e. The summed E-state index contributed by atoms with van der Waals surface area (Å²) in [6.45, 7) is 4.68. The van der Waals surface area contributed by atoms with E-state index in [-0.39, 0.29) is 5.91 Å². The van der Waals surface area contributed by atoms with E-state index in [9.17, 15) is 4.79 Å². The van der Waals surface area contributed by atoms with Gasteiger partial charge >= 0.3 is 0 Å². The average Bonchev–Trinajstić information content (AvgIpc) is 2.95. The summed E-state index contributed by atoms with van der Waals surface area (Å²) in [5, 5.41) is 6.53. The van der Waals surface area contributed by atoms with Crippen molar-refractivity contribution in [1.29, 1.82) is 0 Å². The Kier molecular flexibility index (Phi) is 5.38. The third-order valence-electron chi connectivity index (χ3n) is 3.34. The number of carbonyl (C=O) groups is 1. The smallest absolute Gasteiger partial charge is 0.223 e. The van der Waals surface area contributed by atoms with E-state index in [1.165, 1.54) is 22.3 Å². The Morgan fingerprint density at radius 2 is 2.14 bits per heavy atom. The number of aryl methyl sites for hydroxylation is 2. The minimum atomic E-state index is 0.114. The van der Waals surface area contributed by atoms with Crippen molar-refractivity contribution in [3.05, 3.63) is 41.5 Å². The zero-order valence-corrected chi connectivity index (χ0v) is 13.4. The van der Waals surface area contributed by atoms with Crippen LogP contribution in [0, 0.1) is 13.8 Å². The minimum absolute atomic E-state index is 0.114. The molecule has 112 valence electrons. The number of rotatable bonds is 6. The highest BCUT2D eigenvalue weighted by Gasteiger charge is 2.10. The fourth-order valence-electron chi connectivity index (χ4n) is 1.87. The molecule has 0 unspecified atom stereocenters. The zero-order chi connectivity index (χ0) is 15.2. The molecule has 1 aromatic heterocycles. The second kappa shape index (κ2) is 7.26. The van der Waals surface area contributed by atoms with Gasteiger partial charge < -0.3 is 4.90 Å². The first-order chi connectivity index (χ1) is 10.1. The first kappa shape index (κ1) is 15.6. The van der Waals surface area contributed by atoms with Gasteiger partial charge in [0.1, 0.15) is 12.2 Å². The lowest BCUT2D eigenvalue weighted by atomic mass is 10.1. The SMILES string of the molecule is Cc1ccc(SCCC(=O)N(C)Cc2ncn[nH]2)cc1C. The Morgan fingerprint density at radius 1 is 1.33 bits per heavy atom. The molecule has 5 nitrogen and oxygen atoms in total. The Hall–Kier alpha value is -1.82. The van der Waals surface area contributed by atoms with E-state index < -0.39 is 0 Å². The van der Waals surface area contributed by atoms with E-state index >= 15 is 0 Å². The number of aromatic nitrogens is 3. The van der Waals surface area contributed by atoms with Gasteiger partial charge in [-0.25, -0.2) is 4.98 Å². The van der Waals surface area contributed by atoms with E-state index in [1.807, 2.05) is 0 Å². The normalized spacial score (nSPS) is 10.6. The lowest BCUT2D eigenvalue weighted by Crippen LogP contribution is -2.26. The van der Waals surface area contributed by atoms with E-state index in [2.05, 4.69) is 47.2 Å². The number of nitrogens with zero attached hydrogens (tertiary/aromatic N) is 3. The summed E-state index contributed by atoms with van der Waals surface area (Å²) in [5.74, 6) is 1.60. The standard InChI is InChI=1S/C15H20N4OS/c1-11-4-5-13(8-12(11)2)21-7-6-15(20)19(3)9-14-16-10-17-18-14/h4-5,8,10H,6-7,9H2,1-3H3,(H,16,17,18). The fourth-order valence-corrected chi connectivity index (χ4v) is 2.81. The van der Waals surface area contributed by atoms with Crippen molar-refractivity contribution >= 4 is 17.7 Å². The van der Waals surface area contributed by atoms with Gasteiger partial charge in [0, 0.05) is 24.1 Å². The topological polar surface area (TPSA) is 61.9 Å². The van der Waals surface area contributed by atoms with Crippen molar-refractivity contribution in [2.45, 2.75) is 31.7 Å². The van der Waals surface area contributed by atoms with Crippen LogP contribution in [0.15, 0.2) is 29.4 Å².